The van der Waals surface area contributed by atoms with Crippen molar-refractivity contribution in [3.63, 3.8) is 0 Å². The van der Waals surface area contributed by atoms with Gasteiger partial charge in [0.1, 0.15) is 0 Å². The maximum Gasteiger partial charge on any atom is 0.213 e. The lowest BCUT2D eigenvalue weighted by Crippen LogP contribution is -2.33. The van der Waals surface area contributed by atoms with E-state index in [0.717, 1.165) is 19.3 Å². The van der Waals surface area contributed by atoms with Crippen molar-refractivity contribution in [3.8, 4) is 0 Å². The summed E-state index contributed by atoms with van der Waals surface area (Å²) in [6.45, 7) is 3.40. The normalized spacial score (nSPS) is 13.9. The van der Waals surface area contributed by atoms with Gasteiger partial charge in [-0.05, 0) is 25.3 Å². The highest BCUT2D eigenvalue weighted by atomic mass is 32.2. The molecular formula is C10H24N2O3S. The monoisotopic (exact) mass is 252 g/mol. The smallest absolute Gasteiger partial charge is 0.213 e. The molecule has 0 amide bonds. The maximum absolute atomic E-state index is 11.5. The van der Waals surface area contributed by atoms with E-state index in [9.17, 15) is 8.42 Å². The maximum atomic E-state index is 11.5. The third-order valence-corrected chi connectivity index (χ3v) is 3.73. The van der Waals surface area contributed by atoms with Crippen molar-refractivity contribution in [3.05, 3.63) is 0 Å². The van der Waals surface area contributed by atoms with Crippen LogP contribution in [0.25, 0.3) is 0 Å². The van der Waals surface area contributed by atoms with Crippen LogP contribution in [0.4, 0.5) is 0 Å². The highest BCUT2D eigenvalue weighted by molar-refractivity contribution is 7.89. The zero-order valence-electron chi connectivity index (χ0n) is 10.2. The summed E-state index contributed by atoms with van der Waals surface area (Å²) in [6, 6.07) is 0. The number of nitrogens with two attached hydrogens (primary N) is 1. The number of hydrogen-bond acceptors (Lipinski definition) is 4. The van der Waals surface area contributed by atoms with Gasteiger partial charge < -0.3 is 10.5 Å². The van der Waals surface area contributed by atoms with Crippen LogP contribution in [0.15, 0.2) is 0 Å². The van der Waals surface area contributed by atoms with E-state index >= 15 is 0 Å². The first kappa shape index (κ1) is 15.8. The van der Waals surface area contributed by atoms with Crippen LogP contribution in [-0.4, -0.2) is 41.0 Å². The lowest BCUT2D eigenvalue weighted by atomic mass is 10.0. The van der Waals surface area contributed by atoms with Gasteiger partial charge >= 0.3 is 0 Å². The van der Waals surface area contributed by atoms with Crippen LogP contribution in [-0.2, 0) is 14.8 Å². The Morgan fingerprint density at radius 2 is 2.06 bits per heavy atom. The van der Waals surface area contributed by atoms with Crippen LogP contribution in [0.5, 0.6) is 0 Å². The van der Waals surface area contributed by atoms with Crippen molar-refractivity contribution in [2.45, 2.75) is 26.2 Å². The molecular weight excluding hydrogens is 228 g/mol. The molecule has 16 heavy (non-hydrogen) atoms. The molecule has 0 aliphatic heterocycles. The number of ether oxygens (including phenoxy) is 1. The minimum Gasteiger partial charge on any atom is -0.384 e. The second-order valence-corrected chi connectivity index (χ2v) is 5.82. The van der Waals surface area contributed by atoms with E-state index in [0.29, 0.717) is 19.0 Å². The molecule has 5 nitrogen and oxygen atoms in total. The highest BCUT2D eigenvalue weighted by Gasteiger charge is 2.13. The van der Waals surface area contributed by atoms with E-state index in [1.807, 2.05) is 0 Å². The minimum atomic E-state index is -3.19. The molecule has 1 unspecified atom stereocenters. The second-order valence-electron chi connectivity index (χ2n) is 3.89. The molecule has 0 bridgehead atoms. The van der Waals surface area contributed by atoms with Gasteiger partial charge in [0.2, 0.25) is 10.0 Å². The molecule has 0 fully saturated rings. The second kappa shape index (κ2) is 8.92. The first-order valence-corrected chi connectivity index (χ1v) is 7.37. The summed E-state index contributed by atoms with van der Waals surface area (Å²) in [4.78, 5) is 0. The molecule has 0 aliphatic carbocycles. The summed E-state index contributed by atoms with van der Waals surface area (Å²) >= 11 is 0. The number of methoxy groups -OCH3 is 1. The van der Waals surface area contributed by atoms with Crippen molar-refractivity contribution in [1.82, 2.24) is 4.72 Å². The van der Waals surface area contributed by atoms with Gasteiger partial charge in [-0.2, -0.15) is 0 Å². The van der Waals surface area contributed by atoms with Crippen LogP contribution in [0.1, 0.15) is 26.2 Å². The summed E-state index contributed by atoms with van der Waals surface area (Å²) in [5.41, 5.74) is 5.48. The fourth-order valence-electron chi connectivity index (χ4n) is 1.50. The van der Waals surface area contributed by atoms with Gasteiger partial charge in [0.15, 0.2) is 0 Å². The third kappa shape index (κ3) is 8.04. The third-order valence-electron chi connectivity index (χ3n) is 2.42. The van der Waals surface area contributed by atoms with Crippen molar-refractivity contribution < 1.29 is 13.2 Å². The van der Waals surface area contributed by atoms with Crippen LogP contribution in [0.2, 0.25) is 0 Å². The molecule has 0 saturated heterocycles. The molecule has 0 saturated carbocycles. The average Bonchev–Trinajstić information content (AvgIpc) is 2.24. The largest absolute Gasteiger partial charge is 0.384 e. The van der Waals surface area contributed by atoms with Crippen LogP contribution in [0.3, 0.4) is 0 Å². The zero-order chi connectivity index (χ0) is 12.4. The molecule has 1 atom stereocenters. The Bertz CT molecular complexity index is 249. The van der Waals surface area contributed by atoms with Crippen molar-refractivity contribution in [1.29, 1.82) is 0 Å². The molecule has 0 rings (SSSR count). The molecule has 0 heterocycles. The number of sulfonamides is 1. The Balaban J connectivity index is 3.97. The van der Waals surface area contributed by atoms with Gasteiger partial charge in [0.05, 0.1) is 12.4 Å². The first-order chi connectivity index (χ1) is 7.55. The summed E-state index contributed by atoms with van der Waals surface area (Å²) in [5, 5.41) is 0. The van der Waals surface area contributed by atoms with E-state index in [-0.39, 0.29) is 12.4 Å². The van der Waals surface area contributed by atoms with Gasteiger partial charge in [0.25, 0.3) is 0 Å². The van der Waals surface area contributed by atoms with Gasteiger partial charge in [-0.25, -0.2) is 13.1 Å². The van der Waals surface area contributed by atoms with E-state index in [4.69, 9.17) is 10.5 Å². The van der Waals surface area contributed by atoms with Crippen LogP contribution in [0, 0.1) is 5.92 Å². The summed E-state index contributed by atoms with van der Waals surface area (Å²) in [7, 11) is -1.70. The Morgan fingerprint density at radius 1 is 1.38 bits per heavy atom. The summed E-state index contributed by atoms with van der Waals surface area (Å²) in [6.07, 6.45) is 2.91. The van der Waals surface area contributed by atoms with Gasteiger partial charge in [-0.15, -0.1) is 0 Å². The van der Waals surface area contributed by atoms with Gasteiger partial charge in [0, 0.05) is 13.7 Å². The quantitative estimate of drug-likeness (QED) is 0.586. The number of rotatable bonds is 10. The molecule has 0 aliphatic rings. The van der Waals surface area contributed by atoms with E-state index < -0.39 is 10.0 Å². The lowest BCUT2D eigenvalue weighted by molar-refractivity contribution is 0.217. The lowest BCUT2D eigenvalue weighted by Gasteiger charge is -2.15. The molecule has 3 N–H and O–H groups in total. The summed E-state index contributed by atoms with van der Waals surface area (Å²) < 4.78 is 30.3. The van der Waals surface area contributed by atoms with Gasteiger partial charge in [-0.1, -0.05) is 13.3 Å². The van der Waals surface area contributed by atoms with Crippen molar-refractivity contribution in [2.75, 3.05) is 32.6 Å². The SMILES string of the molecule is CCCC(CCN)CNS(=O)(=O)CCOC. The fourth-order valence-corrected chi connectivity index (χ4v) is 2.52. The van der Waals surface area contributed by atoms with Crippen LogP contribution >= 0.6 is 0 Å². The predicted molar refractivity (Wildman–Crippen MR) is 65.7 cm³/mol. The molecule has 0 radical (unpaired) electrons. The predicted octanol–water partition coefficient (Wildman–Crippen LogP) is 0.317. The first-order valence-electron chi connectivity index (χ1n) is 5.72. The van der Waals surface area contributed by atoms with E-state index in [2.05, 4.69) is 11.6 Å². The molecule has 98 valence electrons. The average molecular weight is 252 g/mol. The highest BCUT2D eigenvalue weighted by Crippen LogP contribution is 2.09. The topological polar surface area (TPSA) is 81.4 Å². The Morgan fingerprint density at radius 3 is 2.56 bits per heavy atom. The Labute approximate surface area is 98.8 Å². The van der Waals surface area contributed by atoms with E-state index in [1.165, 1.54) is 7.11 Å². The fraction of sp³-hybridized carbons (Fsp3) is 1.00. The molecule has 0 aromatic heterocycles. The molecule has 0 aromatic rings. The molecule has 0 spiro atoms. The Kier molecular flexibility index (Phi) is 8.83. The Hall–Kier alpha value is -0.170. The minimum absolute atomic E-state index is 0.0188. The standard InChI is InChI=1S/C10H24N2O3S/c1-3-4-10(5-6-11)9-12-16(13,14)8-7-15-2/h10,12H,3-9,11H2,1-2H3. The molecule has 6 heteroatoms. The van der Waals surface area contributed by atoms with Crippen LogP contribution < -0.4 is 10.5 Å². The number of hydrogen-bond donors (Lipinski definition) is 2. The summed E-state index contributed by atoms with van der Waals surface area (Å²) in [5.74, 6) is 0.359. The number of nitrogens with one attached hydrogen (secondary N) is 1. The molecule has 0 aromatic carbocycles. The van der Waals surface area contributed by atoms with Gasteiger partial charge in [-0.3, -0.25) is 0 Å². The van der Waals surface area contributed by atoms with E-state index in [1.54, 1.807) is 0 Å². The van der Waals surface area contributed by atoms with Crippen molar-refractivity contribution >= 4 is 10.0 Å². The zero-order valence-corrected chi connectivity index (χ0v) is 11.1. The van der Waals surface area contributed by atoms with Crippen molar-refractivity contribution in [2.24, 2.45) is 11.7 Å².